The van der Waals surface area contributed by atoms with Crippen LogP contribution in [0.1, 0.15) is 34.7 Å². The summed E-state index contributed by atoms with van der Waals surface area (Å²) in [5, 5.41) is 5.83. The number of rotatable bonds is 5. The van der Waals surface area contributed by atoms with Gasteiger partial charge in [0.2, 0.25) is 0 Å². The molecule has 0 fully saturated rings. The average molecular weight is 389 g/mol. The number of anilines is 1. The van der Waals surface area contributed by atoms with Gasteiger partial charge in [0, 0.05) is 42.9 Å². The van der Waals surface area contributed by atoms with Gasteiger partial charge in [-0.15, -0.1) is 0 Å². The SMILES string of the molecule is CNC(=O)c1cccc(NCC2=CCC(c3cc(F)c(F)cc3F)C(N)C2)c1. The van der Waals surface area contributed by atoms with Crippen LogP contribution in [-0.4, -0.2) is 25.5 Å². The first-order valence-electron chi connectivity index (χ1n) is 9.03. The van der Waals surface area contributed by atoms with Crippen molar-refractivity contribution in [1.82, 2.24) is 5.32 Å². The molecule has 0 bridgehead atoms. The van der Waals surface area contributed by atoms with Gasteiger partial charge in [-0.1, -0.05) is 17.7 Å². The zero-order valence-corrected chi connectivity index (χ0v) is 15.4. The summed E-state index contributed by atoms with van der Waals surface area (Å²) < 4.78 is 40.7. The van der Waals surface area contributed by atoms with Gasteiger partial charge in [0.1, 0.15) is 5.82 Å². The normalized spacial score (nSPS) is 19.1. The zero-order chi connectivity index (χ0) is 20.3. The van der Waals surface area contributed by atoms with Crippen LogP contribution in [0.3, 0.4) is 0 Å². The molecule has 0 saturated carbocycles. The number of carbonyl (C=O) groups is 1. The third kappa shape index (κ3) is 4.36. The molecule has 2 aromatic carbocycles. The third-order valence-corrected chi connectivity index (χ3v) is 4.99. The molecular formula is C21H22F3N3O. The van der Waals surface area contributed by atoms with Crippen molar-refractivity contribution in [3.63, 3.8) is 0 Å². The van der Waals surface area contributed by atoms with E-state index >= 15 is 0 Å². The van der Waals surface area contributed by atoms with Crippen molar-refractivity contribution in [2.75, 3.05) is 18.9 Å². The van der Waals surface area contributed by atoms with Crippen LogP contribution in [0.2, 0.25) is 0 Å². The molecule has 7 heteroatoms. The molecule has 1 amide bonds. The first kappa shape index (κ1) is 19.9. The molecule has 0 aliphatic heterocycles. The Balaban J connectivity index is 1.67. The molecule has 0 radical (unpaired) electrons. The minimum absolute atomic E-state index is 0.105. The van der Waals surface area contributed by atoms with E-state index in [1.165, 1.54) is 0 Å². The highest BCUT2D eigenvalue weighted by atomic mass is 19.2. The van der Waals surface area contributed by atoms with Crippen molar-refractivity contribution in [3.8, 4) is 0 Å². The van der Waals surface area contributed by atoms with Gasteiger partial charge in [-0.05, 0) is 42.7 Å². The predicted molar refractivity (Wildman–Crippen MR) is 103 cm³/mol. The molecule has 0 aromatic heterocycles. The predicted octanol–water partition coefficient (Wildman–Crippen LogP) is 3.71. The molecule has 2 atom stereocenters. The molecular weight excluding hydrogens is 367 g/mol. The standard InChI is InChI=1S/C21H22F3N3O/c1-26-21(28)13-3-2-4-14(8-13)27-11-12-5-6-15(20(25)7-12)16-9-18(23)19(24)10-17(16)22/h2-5,8-10,15,20,27H,6-7,11,25H2,1H3,(H,26,28). The molecule has 2 unspecified atom stereocenters. The molecule has 1 aliphatic carbocycles. The van der Waals surface area contributed by atoms with Gasteiger partial charge in [0.05, 0.1) is 0 Å². The van der Waals surface area contributed by atoms with Crippen LogP contribution in [0.15, 0.2) is 48.0 Å². The van der Waals surface area contributed by atoms with Gasteiger partial charge < -0.3 is 16.4 Å². The summed E-state index contributed by atoms with van der Waals surface area (Å²) in [6, 6.07) is 8.18. The number of allylic oxidation sites excluding steroid dienone is 1. The fourth-order valence-electron chi connectivity index (χ4n) is 3.45. The van der Waals surface area contributed by atoms with Gasteiger partial charge in [-0.2, -0.15) is 0 Å². The fraction of sp³-hybridized carbons (Fsp3) is 0.286. The smallest absolute Gasteiger partial charge is 0.251 e. The second-order valence-electron chi connectivity index (χ2n) is 6.87. The van der Waals surface area contributed by atoms with E-state index in [1.807, 2.05) is 12.1 Å². The van der Waals surface area contributed by atoms with Crippen molar-refractivity contribution in [3.05, 3.63) is 76.6 Å². The zero-order valence-electron chi connectivity index (χ0n) is 15.4. The monoisotopic (exact) mass is 389 g/mol. The van der Waals surface area contributed by atoms with Crippen LogP contribution in [0, 0.1) is 17.5 Å². The number of benzene rings is 2. The number of hydrogen-bond donors (Lipinski definition) is 3. The van der Waals surface area contributed by atoms with E-state index in [0.29, 0.717) is 31.0 Å². The van der Waals surface area contributed by atoms with Crippen molar-refractivity contribution in [2.45, 2.75) is 24.8 Å². The molecule has 0 spiro atoms. The maximum absolute atomic E-state index is 14.1. The van der Waals surface area contributed by atoms with E-state index in [4.69, 9.17) is 5.73 Å². The van der Waals surface area contributed by atoms with Crippen molar-refractivity contribution in [1.29, 1.82) is 0 Å². The topological polar surface area (TPSA) is 67.2 Å². The fourth-order valence-corrected chi connectivity index (χ4v) is 3.45. The Labute approximate surface area is 161 Å². The summed E-state index contributed by atoms with van der Waals surface area (Å²) in [5.74, 6) is -3.63. The highest BCUT2D eigenvalue weighted by Gasteiger charge is 2.27. The van der Waals surface area contributed by atoms with Crippen molar-refractivity contribution in [2.24, 2.45) is 5.73 Å². The lowest BCUT2D eigenvalue weighted by Crippen LogP contribution is -2.33. The second kappa shape index (κ2) is 8.48. The third-order valence-electron chi connectivity index (χ3n) is 4.99. The van der Waals surface area contributed by atoms with Gasteiger partial charge >= 0.3 is 0 Å². The number of hydrogen-bond acceptors (Lipinski definition) is 3. The number of nitrogens with two attached hydrogens (primary N) is 1. The van der Waals surface area contributed by atoms with Gasteiger partial charge in [0.15, 0.2) is 11.6 Å². The summed E-state index contributed by atoms with van der Waals surface area (Å²) in [6.45, 7) is 0.526. The Kier molecular flexibility index (Phi) is 6.04. The Morgan fingerprint density at radius 2 is 1.89 bits per heavy atom. The summed E-state index contributed by atoms with van der Waals surface area (Å²) >= 11 is 0. The minimum atomic E-state index is -1.20. The summed E-state index contributed by atoms with van der Waals surface area (Å²) in [7, 11) is 1.57. The molecule has 0 heterocycles. The van der Waals surface area contributed by atoms with Crippen LogP contribution >= 0.6 is 0 Å². The van der Waals surface area contributed by atoms with Crippen LogP contribution in [0.25, 0.3) is 0 Å². The van der Waals surface area contributed by atoms with E-state index in [9.17, 15) is 18.0 Å². The first-order valence-corrected chi connectivity index (χ1v) is 9.03. The Bertz CT molecular complexity index is 914. The Morgan fingerprint density at radius 3 is 2.61 bits per heavy atom. The molecule has 4 N–H and O–H groups in total. The lowest BCUT2D eigenvalue weighted by Gasteiger charge is -2.29. The van der Waals surface area contributed by atoms with Crippen LogP contribution < -0.4 is 16.4 Å². The lowest BCUT2D eigenvalue weighted by atomic mass is 9.80. The van der Waals surface area contributed by atoms with E-state index in [2.05, 4.69) is 10.6 Å². The maximum atomic E-state index is 14.1. The molecule has 0 saturated heterocycles. The van der Waals surface area contributed by atoms with E-state index in [0.717, 1.165) is 17.3 Å². The largest absolute Gasteiger partial charge is 0.381 e. The van der Waals surface area contributed by atoms with Crippen molar-refractivity contribution < 1.29 is 18.0 Å². The number of halogens is 3. The maximum Gasteiger partial charge on any atom is 0.251 e. The van der Waals surface area contributed by atoms with Gasteiger partial charge in [-0.3, -0.25) is 4.79 Å². The number of carbonyl (C=O) groups excluding carboxylic acids is 1. The van der Waals surface area contributed by atoms with Gasteiger partial charge in [-0.25, -0.2) is 13.2 Å². The average Bonchev–Trinajstić information content (AvgIpc) is 2.69. The quantitative estimate of drug-likeness (QED) is 0.540. The number of nitrogens with one attached hydrogen (secondary N) is 2. The molecule has 3 rings (SSSR count). The van der Waals surface area contributed by atoms with E-state index in [-0.39, 0.29) is 11.5 Å². The summed E-state index contributed by atoms with van der Waals surface area (Å²) in [4.78, 5) is 11.7. The summed E-state index contributed by atoms with van der Waals surface area (Å²) in [5.41, 5.74) is 8.70. The minimum Gasteiger partial charge on any atom is -0.381 e. The van der Waals surface area contributed by atoms with Gasteiger partial charge in [0.25, 0.3) is 5.91 Å². The Hall–Kier alpha value is -2.80. The van der Waals surface area contributed by atoms with Crippen LogP contribution in [0.4, 0.5) is 18.9 Å². The first-order chi connectivity index (χ1) is 13.4. The van der Waals surface area contributed by atoms with E-state index in [1.54, 1.807) is 25.2 Å². The highest BCUT2D eigenvalue weighted by molar-refractivity contribution is 5.94. The number of amides is 1. The Morgan fingerprint density at radius 1 is 1.14 bits per heavy atom. The molecule has 148 valence electrons. The molecule has 28 heavy (non-hydrogen) atoms. The van der Waals surface area contributed by atoms with E-state index < -0.39 is 29.4 Å². The second-order valence-corrected chi connectivity index (χ2v) is 6.87. The van der Waals surface area contributed by atoms with Crippen LogP contribution in [0.5, 0.6) is 0 Å². The molecule has 2 aromatic rings. The molecule has 4 nitrogen and oxygen atoms in total. The lowest BCUT2D eigenvalue weighted by molar-refractivity contribution is 0.0963. The molecule has 1 aliphatic rings. The van der Waals surface area contributed by atoms with Crippen molar-refractivity contribution >= 4 is 11.6 Å². The summed E-state index contributed by atoms with van der Waals surface area (Å²) in [6.07, 6.45) is 2.90. The highest BCUT2D eigenvalue weighted by Crippen LogP contribution is 2.33. The van der Waals surface area contributed by atoms with Crippen LogP contribution in [-0.2, 0) is 0 Å².